The topological polar surface area (TPSA) is 54.6 Å². The molecule has 5 nitrogen and oxygen atoms in total. The predicted octanol–water partition coefficient (Wildman–Crippen LogP) is -0.532. The van der Waals surface area contributed by atoms with Crippen molar-refractivity contribution in [3.63, 3.8) is 0 Å². The molecule has 0 bridgehead atoms. The first-order valence-electron chi connectivity index (χ1n) is 8.45. The lowest BCUT2D eigenvalue weighted by Crippen LogP contribution is -3.27. The SMILES string of the molecule is O=c1[nH]c(C[NH+]2CC[NH+](Cc3cccs3)CC2)nc2ccccc12. The van der Waals surface area contributed by atoms with Gasteiger partial charge in [0, 0.05) is 0 Å². The van der Waals surface area contributed by atoms with Crippen LogP contribution in [-0.2, 0) is 13.1 Å². The summed E-state index contributed by atoms with van der Waals surface area (Å²) in [6.07, 6.45) is 0. The van der Waals surface area contributed by atoms with Crippen LogP contribution in [0.1, 0.15) is 10.7 Å². The normalized spacial score (nSPS) is 21.2. The highest BCUT2D eigenvalue weighted by Gasteiger charge is 2.24. The van der Waals surface area contributed by atoms with Crippen molar-refractivity contribution >= 4 is 22.2 Å². The van der Waals surface area contributed by atoms with Gasteiger partial charge in [-0.25, -0.2) is 4.98 Å². The van der Waals surface area contributed by atoms with Gasteiger partial charge in [0.05, 0.1) is 15.8 Å². The van der Waals surface area contributed by atoms with Gasteiger partial charge in [-0.3, -0.25) is 4.79 Å². The van der Waals surface area contributed by atoms with Gasteiger partial charge in [0.1, 0.15) is 39.3 Å². The first-order chi connectivity index (χ1) is 11.8. The number of rotatable bonds is 4. The van der Waals surface area contributed by atoms with E-state index in [0.29, 0.717) is 5.39 Å². The maximum atomic E-state index is 12.2. The Morgan fingerprint density at radius 2 is 1.75 bits per heavy atom. The first kappa shape index (κ1) is 15.5. The van der Waals surface area contributed by atoms with Crippen LogP contribution in [0.3, 0.4) is 0 Å². The average molecular weight is 342 g/mol. The molecule has 3 heterocycles. The number of nitrogens with zero attached hydrogens (tertiary/aromatic N) is 1. The molecule has 1 aliphatic heterocycles. The number of piperazine rings is 1. The molecule has 4 rings (SSSR count). The van der Waals surface area contributed by atoms with Gasteiger partial charge in [-0.2, -0.15) is 0 Å². The summed E-state index contributed by atoms with van der Waals surface area (Å²) < 4.78 is 0. The number of hydrogen-bond donors (Lipinski definition) is 3. The Bertz CT molecular complexity index is 866. The molecule has 2 aromatic heterocycles. The number of aromatic nitrogens is 2. The standard InChI is InChI=1S/C18H20N4OS/c23-18-15-5-1-2-6-16(15)19-17(20-18)13-22-9-7-21(8-10-22)12-14-4-3-11-24-14/h1-6,11H,7-10,12-13H2,(H,19,20,23)/p+2. The Labute approximate surface area is 144 Å². The van der Waals surface area contributed by atoms with Gasteiger partial charge in [0.25, 0.3) is 5.56 Å². The minimum Gasteiger partial charge on any atom is -0.321 e. The van der Waals surface area contributed by atoms with E-state index < -0.39 is 0 Å². The molecule has 124 valence electrons. The lowest BCUT2D eigenvalue weighted by atomic mass is 10.2. The third-order valence-electron chi connectivity index (χ3n) is 4.75. The number of quaternary nitrogens is 2. The summed E-state index contributed by atoms with van der Waals surface area (Å²) in [5.74, 6) is 0.801. The van der Waals surface area contributed by atoms with Crippen LogP contribution in [0.15, 0.2) is 46.6 Å². The number of benzene rings is 1. The molecule has 6 heteroatoms. The van der Waals surface area contributed by atoms with Crippen LogP contribution in [0, 0.1) is 0 Å². The van der Waals surface area contributed by atoms with Crippen molar-refractivity contribution in [2.45, 2.75) is 13.1 Å². The monoisotopic (exact) mass is 342 g/mol. The third kappa shape index (κ3) is 3.40. The average Bonchev–Trinajstić information content (AvgIpc) is 3.10. The molecule has 1 saturated heterocycles. The summed E-state index contributed by atoms with van der Waals surface area (Å²) in [5.41, 5.74) is 0.759. The van der Waals surface area contributed by atoms with Crippen LogP contribution in [0.2, 0.25) is 0 Å². The summed E-state index contributed by atoms with van der Waals surface area (Å²) in [5, 5.41) is 2.82. The smallest absolute Gasteiger partial charge is 0.258 e. The van der Waals surface area contributed by atoms with Gasteiger partial charge < -0.3 is 14.8 Å². The second-order valence-corrected chi connectivity index (χ2v) is 7.49. The van der Waals surface area contributed by atoms with E-state index in [4.69, 9.17) is 0 Å². The van der Waals surface area contributed by atoms with Crippen LogP contribution in [0.4, 0.5) is 0 Å². The summed E-state index contributed by atoms with van der Waals surface area (Å²) in [6, 6.07) is 11.9. The Morgan fingerprint density at radius 3 is 2.50 bits per heavy atom. The summed E-state index contributed by atoms with van der Waals surface area (Å²) in [4.78, 5) is 24.4. The van der Waals surface area contributed by atoms with Crippen molar-refractivity contribution in [1.29, 1.82) is 0 Å². The van der Waals surface area contributed by atoms with Crippen LogP contribution < -0.4 is 15.4 Å². The van der Waals surface area contributed by atoms with Gasteiger partial charge in [0.15, 0.2) is 5.82 Å². The number of nitrogens with one attached hydrogen (secondary N) is 3. The molecule has 0 unspecified atom stereocenters. The molecule has 0 radical (unpaired) electrons. The number of fused-ring (bicyclic) bond motifs is 1. The molecule has 0 atom stereocenters. The minimum atomic E-state index is -0.0306. The van der Waals surface area contributed by atoms with Crippen molar-refractivity contribution in [3.8, 4) is 0 Å². The molecule has 0 aliphatic carbocycles. The maximum Gasteiger partial charge on any atom is 0.258 e. The van der Waals surface area contributed by atoms with Crippen LogP contribution in [0.25, 0.3) is 10.9 Å². The van der Waals surface area contributed by atoms with Gasteiger partial charge >= 0.3 is 0 Å². The van der Waals surface area contributed by atoms with E-state index in [-0.39, 0.29) is 5.56 Å². The zero-order chi connectivity index (χ0) is 16.4. The number of aromatic amines is 1. The molecule has 3 N–H and O–H groups in total. The Kier molecular flexibility index (Phi) is 4.42. The lowest BCUT2D eigenvalue weighted by Gasteiger charge is -2.29. The van der Waals surface area contributed by atoms with E-state index in [1.165, 1.54) is 22.9 Å². The molecule has 3 aromatic rings. The molecule has 0 saturated carbocycles. The molecule has 1 aliphatic rings. The van der Waals surface area contributed by atoms with E-state index in [9.17, 15) is 4.79 Å². The molecule has 1 fully saturated rings. The largest absolute Gasteiger partial charge is 0.321 e. The van der Waals surface area contributed by atoms with Gasteiger partial charge in [-0.15, -0.1) is 11.3 Å². The van der Waals surface area contributed by atoms with Gasteiger partial charge in [-0.1, -0.05) is 18.2 Å². The highest BCUT2D eigenvalue weighted by atomic mass is 32.1. The minimum absolute atomic E-state index is 0.0306. The fourth-order valence-electron chi connectivity index (χ4n) is 3.43. The van der Waals surface area contributed by atoms with E-state index >= 15 is 0 Å². The zero-order valence-electron chi connectivity index (χ0n) is 13.5. The fraction of sp³-hybridized carbons (Fsp3) is 0.333. The van der Waals surface area contributed by atoms with Crippen LogP contribution >= 0.6 is 11.3 Å². The number of para-hydroxylation sites is 1. The van der Waals surface area contributed by atoms with Crippen LogP contribution in [0.5, 0.6) is 0 Å². The molecule has 24 heavy (non-hydrogen) atoms. The molecular weight excluding hydrogens is 320 g/mol. The number of thiophene rings is 1. The fourth-order valence-corrected chi connectivity index (χ4v) is 4.20. The van der Waals surface area contributed by atoms with Crippen molar-refractivity contribution in [2.24, 2.45) is 0 Å². The van der Waals surface area contributed by atoms with Crippen molar-refractivity contribution in [1.82, 2.24) is 9.97 Å². The molecule has 0 amide bonds. The quantitative estimate of drug-likeness (QED) is 0.597. The Balaban J connectivity index is 1.39. The molecular formula is C18H22N4OS+2. The number of H-pyrrole nitrogens is 1. The third-order valence-corrected chi connectivity index (χ3v) is 5.62. The van der Waals surface area contributed by atoms with Gasteiger partial charge in [-0.05, 0) is 23.6 Å². The molecule has 0 spiro atoms. The summed E-state index contributed by atoms with van der Waals surface area (Å²) >= 11 is 1.85. The molecule has 1 aromatic carbocycles. The second kappa shape index (κ2) is 6.84. The number of hydrogen-bond acceptors (Lipinski definition) is 3. The van der Waals surface area contributed by atoms with Crippen molar-refractivity contribution in [3.05, 3.63) is 62.8 Å². The maximum absolute atomic E-state index is 12.2. The zero-order valence-corrected chi connectivity index (χ0v) is 14.4. The van der Waals surface area contributed by atoms with Crippen LogP contribution in [-0.4, -0.2) is 36.1 Å². The van der Waals surface area contributed by atoms with E-state index in [1.807, 2.05) is 35.6 Å². The van der Waals surface area contributed by atoms with Crippen molar-refractivity contribution < 1.29 is 9.80 Å². The predicted molar refractivity (Wildman–Crippen MR) is 95.5 cm³/mol. The van der Waals surface area contributed by atoms with E-state index in [2.05, 4.69) is 27.5 Å². The summed E-state index contributed by atoms with van der Waals surface area (Å²) in [7, 11) is 0. The second-order valence-electron chi connectivity index (χ2n) is 6.46. The Hall–Kier alpha value is -2.02. The Morgan fingerprint density at radius 1 is 1.00 bits per heavy atom. The van der Waals surface area contributed by atoms with Gasteiger partial charge in [0.2, 0.25) is 0 Å². The lowest BCUT2D eigenvalue weighted by molar-refractivity contribution is -1.02. The van der Waals surface area contributed by atoms with E-state index in [1.54, 1.807) is 4.90 Å². The first-order valence-corrected chi connectivity index (χ1v) is 9.33. The summed E-state index contributed by atoms with van der Waals surface area (Å²) in [6.45, 7) is 6.52. The van der Waals surface area contributed by atoms with E-state index in [0.717, 1.165) is 37.5 Å². The van der Waals surface area contributed by atoms with Crippen molar-refractivity contribution in [2.75, 3.05) is 26.2 Å². The highest BCUT2D eigenvalue weighted by Crippen LogP contribution is 2.06. The highest BCUT2D eigenvalue weighted by molar-refractivity contribution is 7.09.